The maximum Gasteiger partial charge on any atom is 0.267 e. The van der Waals surface area contributed by atoms with Gasteiger partial charge in [-0.1, -0.05) is 12.1 Å². The molecule has 1 aliphatic heterocycles. The molecule has 3 rings (SSSR count). The quantitative estimate of drug-likeness (QED) is 0.813. The van der Waals surface area contributed by atoms with Gasteiger partial charge in [0.25, 0.3) is 5.91 Å². The summed E-state index contributed by atoms with van der Waals surface area (Å²) in [6.07, 6.45) is -0.941. The molecule has 1 aromatic carbocycles. The fourth-order valence-corrected chi connectivity index (χ4v) is 3.89. The van der Waals surface area contributed by atoms with E-state index in [1.165, 1.54) is 0 Å². The third-order valence-corrected chi connectivity index (χ3v) is 5.09. The number of amides is 1. The number of halogens is 1. The average molecular weight is 382 g/mol. The predicted octanol–water partition coefficient (Wildman–Crippen LogP) is 3.70. The van der Waals surface area contributed by atoms with E-state index in [0.717, 1.165) is 8.66 Å². The van der Waals surface area contributed by atoms with E-state index in [1.807, 2.05) is 43.3 Å². The van der Waals surface area contributed by atoms with Crippen molar-refractivity contribution >= 4 is 33.2 Å². The predicted molar refractivity (Wildman–Crippen MR) is 89.4 cm³/mol. The Bertz CT molecular complexity index is 688. The van der Waals surface area contributed by atoms with Crippen LogP contribution in [0.2, 0.25) is 0 Å². The van der Waals surface area contributed by atoms with Gasteiger partial charge < -0.3 is 14.4 Å². The molecule has 22 heavy (non-hydrogen) atoms. The number of fused-ring (bicyclic) bond motifs is 1. The lowest BCUT2D eigenvalue weighted by Gasteiger charge is -2.33. The number of benzene rings is 1. The summed E-state index contributed by atoms with van der Waals surface area (Å²) in [4.78, 5) is 15.4. The number of hydrogen-bond donors (Lipinski definition) is 0. The van der Waals surface area contributed by atoms with Gasteiger partial charge in [-0.3, -0.25) is 4.79 Å². The van der Waals surface area contributed by atoms with Crippen LogP contribution >= 0.6 is 27.3 Å². The van der Waals surface area contributed by atoms with Crippen LogP contribution in [0, 0.1) is 0 Å². The Hall–Kier alpha value is -1.53. The number of nitrogens with zero attached hydrogens (tertiary/aromatic N) is 1. The van der Waals surface area contributed by atoms with Gasteiger partial charge >= 0.3 is 0 Å². The van der Waals surface area contributed by atoms with E-state index in [-0.39, 0.29) is 12.0 Å². The normalized spacial score (nSPS) is 19.8. The summed E-state index contributed by atoms with van der Waals surface area (Å²) in [6.45, 7) is 2.41. The van der Waals surface area contributed by atoms with E-state index in [2.05, 4.69) is 15.9 Å². The Morgan fingerprint density at radius 2 is 1.91 bits per heavy atom. The lowest BCUT2D eigenvalue weighted by Crippen LogP contribution is -2.49. The SMILES string of the molecule is C[C@@H]1Oc2ccccc2O[C@@H]1C(=O)N(C)Cc1ccc(Br)s1. The highest BCUT2D eigenvalue weighted by Crippen LogP contribution is 2.34. The Kier molecular flexibility index (Phi) is 4.40. The first-order valence-corrected chi connectivity index (χ1v) is 8.57. The minimum atomic E-state index is -0.622. The van der Waals surface area contributed by atoms with E-state index >= 15 is 0 Å². The fraction of sp³-hybridized carbons (Fsp3) is 0.312. The first kappa shape index (κ1) is 15.4. The van der Waals surface area contributed by atoms with Crippen LogP contribution in [0.3, 0.4) is 0 Å². The van der Waals surface area contributed by atoms with Crippen molar-refractivity contribution in [1.82, 2.24) is 4.90 Å². The Morgan fingerprint density at radius 3 is 2.55 bits per heavy atom. The van der Waals surface area contributed by atoms with Crippen molar-refractivity contribution in [2.75, 3.05) is 7.05 Å². The Labute approximate surface area is 141 Å². The second-order valence-electron chi connectivity index (χ2n) is 5.21. The molecule has 4 nitrogen and oxygen atoms in total. The highest BCUT2D eigenvalue weighted by Gasteiger charge is 2.35. The molecule has 2 atom stereocenters. The van der Waals surface area contributed by atoms with Crippen LogP contribution in [0.1, 0.15) is 11.8 Å². The standard InChI is InChI=1S/C16H16BrNO3S/c1-10-15(21-13-6-4-3-5-12(13)20-10)16(19)18(2)9-11-7-8-14(17)22-11/h3-8,10,15H,9H2,1-2H3/t10-,15-/m0/s1. The molecule has 0 radical (unpaired) electrons. The van der Waals surface area contributed by atoms with E-state index in [0.29, 0.717) is 18.0 Å². The lowest BCUT2D eigenvalue weighted by atomic mass is 10.1. The van der Waals surface area contributed by atoms with Gasteiger partial charge in [-0.2, -0.15) is 0 Å². The number of thiophene rings is 1. The van der Waals surface area contributed by atoms with Crippen LogP contribution in [-0.2, 0) is 11.3 Å². The van der Waals surface area contributed by atoms with Crippen LogP contribution in [-0.4, -0.2) is 30.1 Å². The molecule has 0 aliphatic carbocycles. The van der Waals surface area contributed by atoms with Gasteiger partial charge in [-0.15, -0.1) is 11.3 Å². The Balaban J connectivity index is 1.72. The molecule has 6 heteroatoms. The van der Waals surface area contributed by atoms with E-state index in [1.54, 1.807) is 23.3 Å². The number of rotatable bonds is 3. The third-order valence-electron chi connectivity index (χ3n) is 3.48. The minimum Gasteiger partial charge on any atom is -0.482 e. The number of carbonyl (C=O) groups is 1. The zero-order chi connectivity index (χ0) is 15.7. The summed E-state index contributed by atoms with van der Waals surface area (Å²) in [5.74, 6) is 1.22. The topological polar surface area (TPSA) is 38.8 Å². The van der Waals surface area contributed by atoms with E-state index in [9.17, 15) is 4.79 Å². The van der Waals surface area contributed by atoms with Crippen LogP contribution < -0.4 is 9.47 Å². The highest BCUT2D eigenvalue weighted by atomic mass is 79.9. The monoisotopic (exact) mass is 381 g/mol. The zero-order valence-corrected chi connectivity index (χ0v) is 14.7. The summed E-state index contributed by atoms with van der Waals surface area (Å²) in [6, 6.07) is 11.4. The molecular weight excluding hydrogens is 366 g/mol. The summed E-state index contributed by atoms with van der Waals surface area (Å²) in [7, 11) is 1.78. The molecule has 0 saturated carbocycles. The van der Waals surface area contributed by atoms with Gasteiger partial charge in [0.2, 0.25) is 6.10 Å². The fourth-order valence-electron chi connectivity index (χ4n) is 2.36. The zero-order valence-electron chi connectivity index (χ0n) is 12.3. The van der Waals surface area contributed by atoms with Crippen LogP contribution in [0.5, 0.6) is 11.5 Å². The van der Waals surface area contributed by atoms with E-state index in [4.69, 9.17) is 9.47 Å². The smallest absolute Gasteiger partial charge is 0.267 e. The molecule has 2 heterocycles. The summed E-state index contributed by atoms with van der Waals surface area (Å²) in [5, 5.41) is 0. The maximum absolute atomic E-state index is 12.6. The van der Waals surface area contributed by atoms with Crippen molar-refractivity contribution in [2.45, 2.75) is 25.7 Å². The van der Waals surface area contributed by atoms with Crippen molar-refractivity contribution in [3.05, 3.63) is 45.1 Å². The van der Waals surface area contributed by atoms with Gasteiger partial charge in [-0.05, 0) is 47.1 Å². The molecule has 0 spiro atoms. The third kappa shape index (κ3) is 3.13. The van der Waals surface area contributed by atoms with Crippen molar-refractivity contribution < 1.29 is 14.3 Å². The van der Waals surface area contributed by atoms with Gasteiger partial charge in [0.15, 0.2) is 11.5 Å². The number of carbonyl (C=O) groups excluding carboxylic acids is 1. The molecule has 0 N–H and O–H groups in total. The highest BCUT2D eigenvalue weighted by molar-refractivity contribution is 9.11. The molecule has 116 valence electrons. The van der Waals surface area contributed by atoms with Crippen molar-refractivity contribution in [3.63, 3.8) is 0 Å². The first-order chi connectivity index (χ1) is 10.5. The Morgan fingerprint density at radius 1 is 1.23 bits per heavy atom. The summed E-state index contributed by atoms with van der Waals surface area (Å²) >= 11 is 5.05. The molecule has 0 unspecified atom stereocenters. The molecule has 1 aliphatic rings. The number of likely N-dealkylation sites (N-methyl/N-ethyl adjacent to an activating group) is 1. The largest absolute Gasteiger partial charge is 0.482 e. The molecule has 0 saturated heterocycles. The minimum absolute atomic E-state index is 0.0773. The van der Waals surface area contributed by atoms with E-state index < -0.39 is 6.10 Å². The first-order valence-electron chi connectivity index (χ1n) is 6.96. The number of hydrogen-bond acceptors (Lipinski definition) is 4. The molecular formula is C16H16BrNO3S. The van der Waals surface area contributed by atoms with Crippen LogP contribution in [0.25, 0.3) is 0 Å². The molecule has 0 fully saturated rings. The maximum atomic E-state index is 12.6. The second kappa shape index (κ2) is 6.30. The average Bonchev–Trinajstić information content (AvgIpc) is 2.91. The molecule has 0 bridgehead atoms. The van der Waals surface area contributed by atoms with Gasteiger partial charge in [0.1, 0.15) is 6.10 Å². The van der Waals surface area contributed by atoms with Crippen LogP contribution in [0.4, 0.5) is 0 Å². The number of ether oxygens (including phenoxy) is 2. The summed E-state index contributed by atoms with van der Waals surface area (Å²) < 4.78 is 12.7. The molecule has 1 amide bonds. The van der Waals surface area contributed by atoms with Gasteiger partial charge in [0.05, 0.1) is 10.3 Å². The van der Waals surface area contributed by atoms with Gasteiger partial charge in [-0.25, -0.2) is 0 Å². The summed E-state index contributed by atoms with van der Waals surface area (Å²) in [5.41, 5.74) is 0. The van der Waals surface area contributed by atoms with Crippen molar-refractivity contribution in [3.8, 4) is 11.5 Å². The van der Waals surface area contributed by atoms with Crippen molar-refractivity contribution in [2.24, 2.45) is 0 Å². The number of para-hydroxylation sites is 2. The van der Waals surface area contributed by atoms with Crippen molar-refractivity contribution in [1.29, 1.82) is 0 Å². The van der Waals surface area contributed by atoms with Crippen LogP contribution in [0.15, 0.2) is 40.2 Å². The lowest BCUT2D eigenvalue weighted by molar-refractivity contribution is -0.143. The molecule has 1 aromatic heterocycles. The van der Waals surface area contributed by atoms with Gasteiger partial charge in [0, 0.05) is 11.9 Å². The second-order valence-corrected chi connectivity index (χ2v) is 7.76. The molecule has 2 aromatic rings.